The topological polar surface area (TPSA) is 23.8 Å². The van der Waals surface area contributed by atoms with E-state index in [-0.39, 0.29) is 4.47 Å². The minimum atomic E-state index is -1.47. The van der Waals surface area contributed by atoms with Crippen LogP contribution in [-0.2, 0) is 0 Å². The largest absolute Gasteiger partial charge is 0.205 e. The van der Waals surface area contributed by atoms with Crippen molar-refractivity contribution in [1.82, 2.24) is 0 Å². The zero-order chi connectivity index (χ0) is 9.30. The van der Waals surface area contributed by atoms with Crippen molar-refractivity contribution in [3.05, 3.63) is 33.6 Å². The molecule has 0 aliphatic rings. The molecule has 0 saturated heterocycles. The van der Waals surface area contributed by atoms with Gasteiger partial charge in [-0.15, -0.1) is 0 Å². The van der Waals surface area contributed by atoms with Gasteiger partial charge in [0.2, 0.25) is 0 Å². The van der Waals surface area contributed by atoms with Gasteiger partial charge in [-0.2, -0.15) is 5.26 Å². The number of hydrogen-bond acceptors (Lipinski definition) is 1. The Morgan fingerprint density at radius 1 is 1.25 bits per heavy atom. The van der Waals surface area contributed by atoms with Gasteiger partial charge in [-0.25, -0.2) is 13.2 Å². The van der Waals surface area contributed by atoms with Crippen molar-refractivity contribution in [3.8, 4) is 6.07 Å². The van der Waals surface area contributed by atoms with E-state index in [9.17, 15) is 13.2 Å². The molecular weight excluding hydrogens is 235 g/mol. The zero-order valence-electron chi connectivity index (χ0n) is 5.54. The summed E-state index contributed by atoms with van der Waals surface area (Å²) in [5.41, 5.74) is -0.907. The van der Waals surface area contributed by atoms with Crippen molar-refractivity contribution < 1.29 is 13.2 Å². The number of nitrogens with zero attached hydrogens (tertiary/aromatic N) is 1. The van der Waals surface area contributed by atoms with Crippen LogP contribution in [0.1, 0.15) is 5.56 Å². The minimum Gasteiger partial charge on any atom is -0.205 e. The second-order valence-electron chi connectivity index (χ2n) is 1.95. The molecular formula is C7HBrF3N. The molecule has 1 rings (SSSR count). The first-order valence-corrected chi connectivity index (χ1v) is 3.60. The summed E-state index contributed by atoms with van der Waals surface area (Å²) in [6.07, 6.45) is 0. The van der Waals surface area contributed by atoms with Crippen LogP contribution in [0.4, 0.5) is 13.2 Å². The van der Waals surface area contributed by atoms with E-state index in [0.717, 1.165) is 0 Å². The van der Waals surface area contributed by atoms with Crippen molar-refractivity contribution in [2.24, 2.45) is 0 Å². The van der Waals surface area contributed by atoms with E-state index in [1.54, 1.807) is 0 Å². The first-order valence-electron chi connectivity index (χ1n) is 2.81. The molecule has 1 nitrogen and oxygen atoms in total. The standard InChI is InChI=1S/C7HBrF3N/c8-4-1-5(9)3(2-12)6(10)7(4)11/h1H. The summed E-state index contributed by atoms with van der Waals surface area (Å²) in [7, 11) is 0. The average Bonchev–Trinajstić information content (AvgIpc) is 2.01. The molecule has 0 amide bonds. The predicted molar refractivity (Wildman–Crippen MR) is 38.7 cm³/mol. The fraction of sp³-hybridized carbons (Fsp3) is 0. The van der Waals surface area contributed by atoms with E-state index in [0.29, 0.717) is 6.07 Å². The Bertz CT molecular complexity index is 370. The Morgan fingerprint density at radius 3 is 2.33 bits per heavy atom. The Hall–Kier alpha value is -1.02. The van der Waals surface area contributed by atoms with Gasteiger partial charge in [0, 0.05) is 0 Å². The quantitative estimate of drug-likeness (QED) is 0.501. The molecule has 0 aliphatic heterocycles. The third kappa shape index (κ3) is 1.30. The molecule has 1 aromatic carbocycles. The molecule has 0 atom stereocenters. The number of hydrogen-bond donors (Lipinski definition) is 0. The zero-order valence-corrected chi connectivity index (χ0v) is 7.12. The van der Waals surface area contributed by atoms with E-state index in [1.807, 2.05) is 0 Å². The highest BCUT2D eigenvalue weighted by atomic mass is 79.9. The van der Waals surface area contributed by atoms with Crippen molar-refractivity contribution in [2.45, 2.75) is 0 Å². The highest BCUT2D eigenvalue weighted by Gasteiger charge is 2.16. The van der Waals surface area contributed by atoms with Gasteiger partial charge in [0.1, 0.15) is 17.4 Å². The van der Waals surface area contributed by atoms with Crippen LogP contribution in [0.2, 0.25) is 0 Å². The SMILES string of the molecule is N#Cc1c(F)cc(Br)c(F)c1F. The molecule has 12 heavy (non-hydrogen) atoms. The smallest absolute Gasteiger partial charge is 0.180 e. The molecule has 0 saturated carbocycles. The van der Waals surface area contributed by atoms with Gasteiger partial charge in [-0.05, 0) is 22.0 Å². The van der Waals surface area contributed by atoms with Gasteiger partial charge in [-0.1, -0.05) is 0 Å². The fourth-order valence-electron chi connectivity index (χ4n) is 0.669. The lowest BCUT2D eigenvalue weighted by Crippen LogP contribution is -1.95. The summed E-state index contributed by atoms with van der Waals surface area (Å²) in [5, 5.41) is 8.20. The molecule has 0 N–H and O–H groups in total. The molecule has 0 spiro atoms. The molecule has 0 aliphatic carbocycles. The van der Waals surface area contributed by atoms with Crippen LogP contribution in [0.3, 0.4) is 0 Å². The van der Waals surface area contributed by atoms with Crippen LogP contribution >= 0.6 is 15.9 Å². The van der Waals surface area contributed by atoms with E-state index in [1.165, 1.54) is 6.07 Å². The van der Waals surface area contributed by atoms with Gasteiger partial charge in [0.05, 0.1) is 4.47 Å². The van der Waals surface area contributed by atoms with Crippen LogP contribution < -0.4 is 0 Å². The first kappa shape index (κ1) is 9.07. The molecule has 0 aromatic heterocycles. The Morgan fingerprint density at radius 2 is 1.83 bits per heavy atom. The van der Waals surface area contributed by atoms with Crippen LogP contribution in [0.25, 0.3) is 0 Å². The Balaban J connectivity index is 3.54. The average molecular weight is 236 g/mol. The summed E-state index contributed by atoms with van der Waals surface area (Å²) >= 11 is 2.60. The van der Waals surface area contributed by atoms with Crippen molar-refractivity contribution in [2.75, 3.05) is 0 Å². The van der Waals surface area contributed by atoms with Crippen LogP contribution in [-0.4, -0.2) is 0 Å². The van der Waals surface area contributed by atoms with E-state index in [4.69, 9.17) is 5.26 Å². The second kappa shape index (κ2) is 3.15. The van der Waals surface area contributed by atoms with Crippen LogP contribution in [0.15, 0.2) is 10.5 Å². The number of halogens is 4. The molecule has 0 fully saturated rings. The highest BCUT2D eigenvalue weighted by Crippen LogP contribution is 2.23. The van der Waals surface area contributed by atoms with E-state index >= 15 is 0 Å². The molecule has 0 unspecified atom stereocenters. The molecule has 62 valence electrons. The maximum atomic E-state index is 12.7. The van der Waals surface area contributed by atoms with Gasteiger partial charge in [-0.3, -0.25) is 0 Å². The number of benzene rings is 1. The monoisotopic (exact) mass is 235 g/mol. The summed E-state index contributed by atoms with van der Waals surface area (Å²) in [6.45, 7) is 0. The third-order valence-corrected chi connectivity index (χ3v) is 1.80. The predicted octanol–water partition coefficient (Wildman–Crippen LogP) is 2.74. The van der Waals surface area contributed by atoms with Crippen molar-refractivity contribution >= 4 is 15.9 Å². The lowest BCUT2D eigenvalue weighted by Gasteiger charge is -1.98. The molecule has 5 heteroatoms. The molecule has 0 heterocycles. The first-order chi connectivity index (χ1) is 5.57. The molecule has 0 bridgehead atoms. The van der Waals surface area contributed by atoms with Crippen LogP contribution in [0.5, 0.6) is 0 Å². The second-order valence-corrected chi connectivity index (χ2v) is 2.81. The van der Waals surface area contributed by atoms with Gasteiger partial charge in [0.25, 0.3) is 0 Å². The maximum absolute atomic E-state index is 12.7. The molecule has 0 radical (unpaired) electrons. The Kier molecular flexibility index (Phi) is 2.38. The lowest BCUT2D eigenvalue weighted by atomic mass is 10.2. The summed E-state index contributed by atoms with van der Waals surface area (Å²) in [4.78, 5) is 0. The lowest BCUT2D eigenvalue weighted by molar-refractivity contribution is 0.486. The molecule has 1 aromatic rings. The summed E-state index contributed by atoms with van der Waals surface area (Å²) in [6, 6.07) is 1.93. The van der Waals surface area contributed by atoms with Gasteiger partial charge in [0.15, 0.2) is 11.6 Å². The minimum absolute atomic E-state index is 0.337. The number of nitriles is 1. The van der Waals surface area contributed by atoms with Crippen molar-refractivity contribution in [1.29, 1.82) is 5.26 Å². The summed E-state index contributed by atoms with van der Waals surface area (Å²) < 4.78 is 37.6. The number of rotatable bonds is 0. The van der Waals surface area contributed by atoms with Gasteiger partial charge < -0.3 is 0 Å². The Labute approximate surface area is 74.6 Å². The van der Waals surface area contributed by atoms with E-state index in [2.05, 4.69) is 15.9 Å². The maximum Gasteiger partial charge on any atom is 0.180 e. The highest BCUT2D eigenvalue weighted by molar-refractivity contribution is 9.10. The normalized spacial score (nSPS) is 9.58. The fourth-order valence-corrected chi connectivity index (χ4v) is 1.04. The van der Waals surface area contributed by atoms with Crippen LogP contribution in [0, 0.1) is 28.8 Å². The summed E-state index contributed by atoms with van der Waals surface area (Å²) in [5.74, 6) is -3.80. The van der Waals surface area contributed by atoms with E-state index < -0.39 is 23.0 Å². The van der Waals surface area contributed by atoms with Crippen molar-refractivity contribution in [3.63, 3.8) is 0 Å². The van der Waals surface area contributed by atoms with Gasteiger partial charge >= 0.3 is 0 Å². The third-order valence-electron chi connectivity index (χ3n) is 1.23.